The summed E-state index contributed by atoms with van der Waals surface area (Å²) in [4.78, 5) is 14.5. The first-order valence-electron chi connectivity index (χ1n) is 7.00. The van der Waals surface area contributed by atoms with Gasteiger partial charge in [-0.1, -0.05) is 0 Å². The molecular formula is C12H23N3O4S. The molecule has 1 atom stereocenters. The topological polar surface area (TPSA) is 90.0 Å². The van der Waals surface area contributed by atoms with Crippen molar-refractivity contribution < 1.29 is 18.3 Å². The first-order chi connectivity index (χ1) is 9.35. The number of carbonyl (C=O) groups is 1. The smallest absolute Gasteiger partial charge is 0.407 e. The van der Waals surface area contributed by atoms with Crippen molar-refractivity contribution in [3.8, 4) is 0 Å². The highest BCUT2D eigenvalue weighted by molar-refractivity contribution is 7.88. The number of hydrogen-bond acceptors (Lipinski definition) is 4. The lowest BCUT2D eigenvalue weighted by atomic mass is 9.81. The van der Waals surface area contributed by atoms with Crippen molar-refractivity contribution in [2.45, 2.75) is 12.8 Å². The van der Waals surface area contributed by atoms with E-state index in [0.29, 0.717) is 31.5 Å². The minimum atomic E-state index is -3.11. The zero-order chi connectivity index (χ0) is 14.8. The molecule has 2 rings (SSSR count). The Bertz CT molecular complexity index is 448. The lowest BCUT2D eigenvalue weighted by molar-refractivity contribution is 0.0274. The number of hydrogen-bond donors (Lipinski definition) is 2. The third-order valence-electron chi connectivity index (χ3n) is 4.18. The minimum absolute atomic E-state index is 0.442. The molecule has 0 aromatic rings. The van der Waals surface area contributed by atoms with Crippen LogP contribution in [0.1, 0.15) is 12.8 Å². The van der Waals surface area contributed by atoms with Crippen LogP contribution in [0, 0.1) is 11.8 Å². The van der Waals surface area contributed by atoms with E-state index >= 15 is 0 Å². The third-order valence-corrected chi connectivity index (χ3v) is 4.91. The highest BCUT2D eigenvalue weighted by atomic mass is 32.2. The predicted octanol–water partition coefficient (Wildman–Crippen LogP) is -0.143. The van der Waals surface area contributed by atoms with Crippen LogP contribution in [0.4, 0.5) is 4.79 Å². The monoisotopic (exact) mass is 305 g/mol. The van der Waals surface area contributed by atoms with Crippen molar-refractivity contribution in [3.63, 3.8) is 0 Å². The van der Waals surface area contributed by atoms with E-state index in [2.05, 4.69) is 9.62 Å². The van der Waals surface area contributed by atoms with Crippen LogP contribution in [-0.4, -0.2) is 74.9 Å². The van der Waals surface area contributed by atoms with Gasteiger partial charge >= 0.3 is 6.09 Å². The van der Waals surface area contributed by atoms with Gasteiger partial charge in [-0.2, -0.15) is 0 Å². The standard InChI is InChI=1S/C12H23N3O4S/c1-20(18,19)13-4-6-14-5-2-3-10(7-14)11-8-15(9-11)12(16)17/h10-11,13H,2-9H2,1H3,(H,16,17). The quantitative estimate of drug-likeness (QED) is 0.738. The number of likely N-dealkylation sites (tertiary alicyclic amines) is 2. The summed E-state index contributed by atoms with van der Waals surface area (Å²) >= 11 is 0. The second kappa shape index (κ2) is 6.28. The molecule has 1 amide bonds. The van der Waals surface area contributed by atoms with Crippen molar-refractivity contribution in [3.05, 3.63) is 0 Å². The van der Waals surface area contributed by atoms with E-state index in [4.69, 9.17) is 5.11 Å². The average molecular weight is 305 g/mol. The van der Waals surface area contributed by atoms with Crippen LogP contribution in [0.2, 0.25) is 0 Å². The maximum Gasteiger partial charge on any atom is 0.407 e. The largest absolute Gasteiger partial charge is 0.465 e. The van der Waals surface area contributed by atoms with Gasteiger partial charge in [-0.15, -0.1) is 0 Å². The van der Waals surface area contributed by atoms with Gasteiger partial charge in [0.25, 0.3) is 0 Å². The summed E-state index contributed by atoms with van der Waals surface area (Å²) in [5, 5.41) is 8.84. The highest BCUT2D eigenvalue weighted by Crippen LogP contribution is 2.30. The number of nitrogens with one attached hydrogen (secondary N) is 1. The van der Waals surface area contributed by atoms with E-state index in [1.807, 2.05) is 0 Å². The summed E-state index contributed by atoms with van der Waals surface area (Å²) in [6, 6.07) is 0. The number of nitrogens with zero attached hydrogens (tertiary/aromatic N) is 2. The fourth-order valence-electron chi connectivity index (χ4n) is 3.04. The van der Waals surface area contributed by atoms with Gasteiger partial charge in [0.2, 0.25) is 10.0 Å². The minimum Gasteiger partial charge on any atom is -0.465 e. The van der Waals surface area contributed by atoms with Crippen molar-refractivity contribution in [2.24, 2.45) is 11.8 Å². The summed E-state index contributed by atoms with van der Waals surface area (Å²) in [6.07, 6.45) is 2.59. The molecule has 2 aliphatic rings. The second-order valence-corrected chi connectivity index (χ2v) is 7.65. The van der Waals surface area contributed by atoms with Gasteiger partial charge in [-0.25, -0.2) is 17.9 Å². The molecule has 1 unspecified atom stereocenters. The Morgan fingerprint density at radius 2 is 2.00 bits per heavy atom. The average Bonchev–Trinajstić information content (AvgIpc) is 2.25. The van der Waals surface area contributed by atoms with Gasteiger partial charge in [0.05, 0.1) is 6.26 Å². The SMILES string of the molecule is CS(=O)(=O)NCCN1CCCC(C2CN(C(=O)O)C2)C1. The lowest BCUT2D eigenvalue weighted by Gasteiger charge is -2.45. The zero-order valence-corrected chi connectivity index (χ0v) is 12.6. The van der Waals surface area contributed by atoms with Gasteiger partial charge in [0.15, 0.2) is 0 Å². The molecule has 2 aliphatic heterocycles. The summed E-state index contributed by atoms with van der Waals surface area (Å²) in [5.74, 6) is 1.01. The van der Waals surface area contributed by atoms with E-state index in [1.165, 1.54) is 11.2 Å². The Hall–Kier alpha value is -0.860. The molecule has 0 radical (unpaired) electrons. The van der Waals surface area contributed by atoms with Crippen LogP contribution in [0.15, 0.2) is 0 Å². The molecular weight excluding hydrogens is 282 g/mol. The van der Waals surface area contributed by atoms with E-state index in [1.54, 1.807) is 0 Å². The predicted molar refractivity (Wildman–Crippen MR) is 75.1 cm³/mol. The molecule has 0 aliphatic carbocycles. The van der Waals surface area contributed by atoms with Gasteiger partial charge in [-0.05, 0) is 31.2 Å². The maximum atomic E-state index is 11.0. The van der Waals surface area contributed by atoms with Crippen LogP contribution in [0.3, 0.4) is 0 Å². The van der Waals surface area contributed by atoms with E-state index in [0.717, 1.165) is 32.5 Å². The molecule has 8 heteroatoms. The van der Waals surface area contributed by atoms with Gasteiger partial charge in [0.1, 0.15) is 0 Å². The summed E-state index contributed by atoms with van der Waals surface area (Å²) in [6.45, 7) is 4.40. The molecule has 20 heavy (non-hydrogen) atoms. The van der Waals surface area contributed by atoms with Gasteiger partial charge in [-0.3, -0.25) is 0 Å². The molecule has 7 nitrogen and oxygen atoms in total. The van der Waals surface area contributed by atoms with Crippen molar-refractivity contribution in [2.75, 3.05) is 45.5 Å². The number of carboxylic acid groups (broad SMARTS) is 1. The molecule has 0 spiro atoms. The van der Waals surface area contributed by atoms with E-state index in [-0.39, 0.29) is 0 Å². The summed E-state index contributed by atoms with van der Waals surface area (Å²) in [7, 11) is -3.11. The first-order valence-corrected chi connectivity index (χ1v) is 8.89. The summed E-state index contributed by atoms with van der Waals surface area (Å²) < 4.78 is 24.5. The van der Waals surface area contributed by atoms with Crippen LogP contribution in [0.25, 0.3) is 0 Å². The molecule has 2 N–H and O–H groups in total. The van der Waals surface area contributed by atoms with Gasteiger partial charge in [0, 0.05) is 32.7 Å². The lowest BCUT2D eigenvalue weighted by Crippen LogP contribution is -2.55. The fraction of sp³-hybridized carbons (Fsp3) is 0.917. The van der Waals surface area contributed by atoms with E-state index < -0.39 is 16.1 Å². The Morgan fingerprint density at radius 3 is 2.60 bits per heavy atom. The molecule has 0 aromatic carbocycles. The number of amides is 1. The van der Waals surface area contributed by atoms with Crippen LogP contribution >= 0.6 is 0 Å². The summed E-state index contributed by atoms with van der Waals surface area (Å²) in [5.41, 5.74) is 0. The fourth-order valence-corrected chi connectivity index (χ4v) is 3.50. The van der Waals surface area contributed by atoms with Crippen LogP contribution < -0.4 is 4.72 Å². The second-order valence-electron chi connectivity index (χ2n) is 5.82. The Balaban J connectivity index is 1.71. The van der Waals surface area contributed by atoms with E-state index in [9.17, 15) is 13.2 Å². The number of sulfonamides is 1. The van der Waals surface area contributed by atoms with Crippen molar-refractivity contribution in [1.29, 1.82) is 0 Å². The van der Waals surface area contributed by atoms with Crippen molar-refractivity contribution in [1.82, 2.24) is 14.5 Å². The van der Waals surface area contributed by atoms with Gasteiger partial charge < -0.3 is 14.9 Å². The molecule has 116 valence electrons. The molecule has 0 saturated carbocycles. The molecule has 2 fully saturated rings. The maximum absolute atomic E-state index is 11.0. The highest BCUT2D eigenvalue weighted by Gasteiger charge is 2.37. The van der Waals surface area contributed by atoms with Crippen LogP contribution in [-0.2, 0) is 10.0 Å². The molecule has 2 heterocycles. The Morgan fingerprint density at radius 1 is 1.30 bits per heavy atom. The third kappa shape index (κ3) is 4.32. The normalized spacial score (nSPS) is 25.4. The first kappa shape index (κ1) is 15.5. The Kier molecular flexibility index (Phi) is 4.87. The number of rotatable bonds is 5. The van der Waals surface area contributed by atoms with Crippen LogP contribution in [0.5, 0.6) is 0 Å². The molecule has 0 bridgehead atoms. The van der Waals surface area contributed by atoms with Crippen molar-refractivity contribution >= 4 is 16.1 Å². The Labute approximate surface area is 120 Å². The zero-order valence-electron chi connectivity index (χ0n) is 11.8. The molecule has 2 saturated heterocycles. The molecule has 0 aromatic heterocycles. The number of piperidine rings is 1.